The van der Waals surface area contributed by atoms with E-state index in [2.05, 4.69) is 4.98 Å². The maximum Gasteiger partial charge on any atom is 0.247 e. The fourth-order valence-corrected chi connectivity index (χ4v) is 5.38. The first-order chi connectivity index (χ1) is 17.8. The number of para-hydroxylation sites is 1. The lowest BCUT2D eigenvalue weighted by Crippen LogP contribution is -2.40. The summed E-state index contributed by atoms with van der Waals surface area (Å²) < 4.78 is 20.9. The van der Waals surface area contributed by atoms with Crippen molar-refractivity contribution in [2.24, 2.45) is 11.3 Å². The number of carbonyl (C=O) groups is 2. The van der Waals surface area contributed by atoms with Gasteiger partial charge in [0.05, 0.1) is 23.0 Å². The van der Waals surface area contributed by atoms with Crippen LogP contribution >= 0.6 is 0 Å². The summed E-state index contributed by atoms with van der Waals surface area (Å²) in [5.41, 5.74) is 3.83. The Morgan fingerprint density at radius 2 is 2.05 bits per heavy atom. The molecule has 2 heterocycles. The van der Waals surface area contributed by atoms with Crippen LogP contribution in [-0.2, 0) is 29.0 Å². The lowest BCUT2D eigenvalue weighted by atomic mass is 9.91. The highest BCUT2D eigenvalue weighted by Crippen LogP contribution is 2.56. The van der Waals surface area contributed by atoms with E-state index in [0.717, 1.165) is 28.6 Å². The second-order valence-corrected chi connectivity index (χ2v) is 9.96. The number of aryl methyl sites for hydroxylation is 1. The number of amides is 2. The maximum absolute atomic E-state index is 15.1. The van der Waals surface area contributed by atoms with Crippen LogP contribution in [0.25, 0.3) is 10.9 Å². The van der Waals surface area contributed by atoms with E-state index in [1.54, 1.807) is 16.4 Å². The number of benzene rings is 2. The van der Waals surface area contributed by atoms with E-state index in [9.17, 15) is 14.7 Å². The zero-order valence-corrected chi connectivity index (χ0v) is 20.6. The summed E-state index contributed by atoms with van der Waals surface area (Å²) in [5, 5.41) is 19.9. The van der Waals surface area contributed by atoms with E-state index in [-0.39, 0.29) is 37.6 Å². The van der Waals surface area contributed by atoms with Crippen LogP contribution < -0.4 is 10.2 Å². The van der Waals surface area contributed by atoms with Crippen LogP contribution in [0.4, 0.5) is 4.39 Å². The molecule has 1 aliphatic heterocycles. The number of rotatable bonds is 8. The molecule has 1 saturated heterocycles. The Kier molecular flexibility index (Phi) is 6.83. The Hall–Kier alpha value is -3.56. The van der Waals surface area contributed by atoms with Gasteiger partial charge in [-0.25, -0.2) is 9.87 Å². The third-order valence-electron chi connectivity index (χ3n) is 7.49. The molecule has 5 rings (SSSR count). The number of hydrogen-bond acceptors (Lipinski definition) is 6. The monoisotopic (exact) mass is 507 g/mol. The van der Waals surface area contributed by atoms with Gasteiger partial charge in [0.25, 0.3) is 0 Å². The summed E-state index contributed by atoms with van der Waals surface area (Å²) in [6.45, 7) is 2.81. The predicted molar refractivity (Wildman–Crippen MR) is 133 cm³/mol. The third-order valence-corrected chi connectivity index (χ3v) is 7.49. The molecule has 0 bridgehead atoms. The molecule has 2 fully saturated rings. The molecule has 2 aromatic carbocycles. The Labute approximate surface area is 214 Å². The predicted octanol–water partition coefficient (Wildman–Crippen LogP) is 3.16. The topological polar surface area (TPSA) is 112 Å². The molecular formula is C28H30FN3O5. The van der Waals surface area contributed by atoms with Gasteiger partial charge in [0, 0.05) is 29.7 Å². The first-order valence-electron chi connectivity index (χ1n) is 12.5. The summed E-state index contributed by atoms with van der Waals surface area (Å²) >= 11 is 0. The lowest BCUT2D eigenvalue weighted by Gasteiger charge is -2.24. The summed E-state index contributed by atoms with van der Waals surface area (Å²) in [6.07, 6.45) is 1.05. The number of carbonyl (C=O) groups excluding carboxylic acids is 2. The van der Waals surface area contributed by atoms with Gasteiger partial charge in [0.15, 0.2) is 11.6 Å². The molecule has 1 saturated carbocycles. The molecule has 3 atom stereocenters. The number of halogens is 1. The molecule has 2 aliphatic rings. The number of hydrogen-bond donors (Lipinski definition) is 3. The van der Waals surface area contributed by atoms with E-state index in [0.29, 0.717) is 18.5 Å². The molecule has 37 heavy (non-hydrogen) atoms. The van der Waals surface area contributed by atoms with Crippen molar-refractivity contribution in [3.8, 4) is 5.75 Å². The van der Waals surface area contributed by atoms with Crippen molar-refractivity contribution in [2.45, 2.75) is 45.3 Å². The van der Waals surface area contributed by atoms with E-state index < -0.39 is 29.2 Å². The van der Waals surface area contributed by atoms with Crippen molar-refractivity contribution in [2.75, 3.05) is 13.1 Å². The van der Waals surface area contributed by atoms with Crippen molar-refractivity contribution in [3.05, 3.63) is 71.2 Å². The number of aliphatic hydroxyl groups is 1. The van der Waals surface area contributed by atoms with E-state index in [4.69, 9.17) is 9.94 Å². The van der Waals surface area contributed by atoms with Crippen molar-refractivity contribution < 1.29 is 29.0 Å². The van der Waals surface area contributed by atoms with Gasteiger partial charge in [-0.15, -0.1) is 0 Å². The number of pyridine rings is 1. The van der Waals surface area contributed by atoms with Crippen LogP contribution in [0.5, 0.6) is 5.75 Å². The highest BCUT2D eigenvalue weighted by molar-refractivity contribution is 5.96. The summed E-state index contributed by atoms with van der Waals surface area (Å²) in [7, 11) is 0. The highest BCUT2D eigenvalue weighted by atomic mass is 19.1. The molecule has 0 spiro atoms. The second kappa shape index (κ2) is 10.1. The number of nitrogens with one attached hydrogen (secondary N) is 1. The Morgan fingerprint density at radius 1 is 1.24 bits per heavy atom. The van der Waals surface area contributed by atoms with Crippen LogP contribution in [0.3, 0.4) is 0 Å². The van der Waals surface area contributed by atoms with Crippen LogP contribution in [0.15, 0.2) is 48.5 Å². The molecule has 9 heteroatoms. The molecular weight excluding hydrogens is 477 g/mol. The standard InChI is InChI=1S/C28H30FN3O5/c1-2-19-12-18(21-5-3-4-6-24(21)30-19)16-37-25-8-7-17(11-23(25)29)13-28(14-22(28)26(34)31-36)27(35)32-10-9-20(33)15-32/h3-8,11-12,20,22,33,36H,2,9-10,13-16H2,1H3,(H,31,34)/t20-,22+,28-/m0/s1. The normalized spacial score (nSPS) is 22.8. The molecule has 2 amide bonds. The highest BCUT2D eigenvalue weighted by Gasteiger charge is 2.64. The Balaban J connectivity index is 1.33. The third kappa shape index (κ3) is 4.89. The van der Waals surface area contributed by atoms with Crippen LogP contribution in [0.1, 0.15) is 36.6 Å². The van der Waals surface area contributed by atoms with Gasteiger partial charge in [-0.1, -0.05) is 31.2 Å². The fourth-order valence-electron chi connectivity index (χ4n) is 5.38. The van der Waals surface area contributed by atoms with Crippen molar-refractivity contribution in [1.82, 2.24) is 15.4 Å². The van der Waals surface area contributed by atoms with E-state index in [1.165, 1.54) is 12.1 Å². The summed E-state index contributed by atoms with van der Waals surface area (Å²) in [6, 6.07) is 14.3. The van der Waals surface area contributed by atoms with Crippen molar-refractivity contribution >= 4 is 22.7 Å². The Morgan fingerprint density at radius 3 is 2.76 bits per heavy atom. The van der Waals surface area contributed by atoms with Gasteiger partial charge >= 0.3 is 0 Å². The smallest absolute Gasteiger partial charge is 0.247 e. The first kappa shape index (κ1) is 25.1. The van der Waals surface area contributed by atoms with Crippen molar-refractivity contribution in [1.29, 1.82) is 0 Å². The zero-order valence-electron chi connectivity index (χ0n) is 20.6. The fraction of sp³-hybridized carbons (Fsp3) is 0.393. The minimum atomic E-state index is -1.07. The minimum Gasteiger partial charge on any atom is -0.486 e. The average molecular weight is 508 g/mol. The van der Waals surface area contributed by atoms with Crippen LogP contribution in [-0.4, -0.2) is 51.2 Å². The van der Waals surface area contributed by atoms with Crippen molar-refractivity contribution in [3.63, 3.8) is 0 Å². The Bertz CT molecular complexity index is 1350. The minimum absolute atomic E-state index is 0.0891. The molecule has 3 aromatic rings. The first-order valence-corrected chi connectivity index (χ1v) is 12.5. The average Bonchev–Trinajstić information content (AvgIpc) is 3.47. The molecule has 3 N–H and O–H groups in total. The zero-order chi connectivity index (χ0) is 26.2. The van der Waals surface area contributed by atoms with Crippen LogP contribution in [0, 0.1) is 17.2 Å². The molecule has 1 aliphatic carbocycles. The SMILES string of the molecule is CCc1cc(COc2ccc(C[C@]3(C(=O)N4CC[C@H](O)C4)C[C@@H]3C(=O)NO)cc2F)c2ccccc2n1. The molecule has 1 aromatic heterocycles. The van der Waals surface area contributed by atoms with Gasteiger partial charge in [-0.3, -0.25) is 19.8 Å². The van der Waals surface area contributed by atoms with E-state index in [1.807, 2.05) is 37.3 Å². The summed E-state index contributed by atoms with van der Waals surface area (Å²) in [5.74, 6) is -2.07. The number of hydroxylamine groups is 1. The van der Waals surface area contributed by atoms with Gasteiger partial charge < -0.3 is 14.7 Å². The van der Waals surface area contributed by atoms with Gasteiger partial charge in [0.1, 0.15) is 6.61 Å². The lowest BCUT2D eigenvalue weighted by molar-refractivity contribution is -0.140. The molecule has 0 radical (unpaired) electrons. The van der Waals surface area contributed by atoms with E-state index >= 15 is 4.39 Å². The second-order valence-electron chi connectivity index (χ2n) is 9.96. The molecule has 0 unspecified atom stereocenters. The van der Waals surface area contributed by atoms with Gasteiger partial charge in [0.2, 0.25) is 11.8 Å². The summed E-state index contributed by atoms with van der Waals surface area (Å²) in [4.78, 5) is 31.7. The number of ether oxygens (including phenoxy) is 1. The number of aliphatic hydroxyl groups excluding tert-OH is 1. The molecule has 194 valence electrons. The van der Waals surface area contributed by atoms with Crippen LogP contribution in [0.2, 0.25) is 0 Å². The number of fused-ring (bicyclic) bond motifs is 1. The largest absolute Gasteiger partial charge is 0.486 e. The molecule has 8 nitrogen and oxygen atoms in total. The number of nitrogens with zero attached hydrogens (tertiary/aromatic N) is 2. The van der Waals surface area contributed by atoms with Gasteiger partial charge in [-0.2, -0.15) is 0 Å². The number of β-amino-alcohol motifs (C(OH)–C–C–N with tert-alkyl or cyclic N) is 1. The maximum atomic E-state index is 15.1. The number of aromatic nitrogens is 1. The number of likely N-dealkylation sites (tertiary alicyclic amines) is 1. The van der Waals surface area contributed by atoms with Gasteiger partial charge in [-0.05, 0) is 55.5 Å². The quantitative estimate of drug-likeness (QED) is 0.319.